The fourth-order valence-corrected chi connectivity index (χ4v) is 3.06. The lowest BCUT2D eigenvalue weighted by Crippen LogP contribution is -2.26. The zero-order valence-corrected chi connectivity index (χ0v) is 16.1. The van der Waals surface area contributed by atoms with E-state index in [-0.39, 0.29) is 23.4 Å². The Bertz CT molecular complexity index is 1160. The van der Waals surface area contributed by atoms with Crippen LogP contribution in [0.4, 0.5) is 5.69 Å². The molecule has 8 heteroatoms. The number of rotatable bonds is 6. The Morgan fingerprint density at radius 2 is 1.83 bits per heavy atom. The number of hydrogen-bond donors (Lipinski definition) is 1. The van der Waals surface area contributed by atoms with Crippen LogP contribution in [0.2, 0.25) is 0 Å². The topological polar surface area (TPSA) is 103 Å². The lowest BCUT2D eigenvalue weighted by molar-refractivity contribution is -0.384. The quantitative estimate of drug-likeness (QED) is 0.377. The number of hydrogen-bond acceptors (Lipinski definition) is 5. The van der Waals surface area contributed by atoms with Gasteiger partial charge in [0.25, 0.3) is 11.6 Å². The number of nitro groups is 1. The van der Waals surface area contributed by atoms with Crippen molar-refractivity contribution in [3.63, 3.8) is 0 Å². The summed E-state index contributed by atoms with van der Waals surface area (Å²) >= 11 is 0. The van der Waals surface area contributed by atoms with E-state index in [1.54, 1.807) is 36.8 Å². The summed E-state index contributed by atoms with van der Waals surface area (Å²) in [5, 5.41) is 13.7. The number of furan rings is 1. The van der Waals surface area contributed by atoms with Crippen molar-refractivity contribution in [1.29, 1.82) is 0 Å². The van der Waals surface area contributed by atoms with E-state index in [2.05, 4.69) is 10.3 Å². The molecular formula is C22H18N4O4. The SMILES string of the molecule is CC(NC(=O)c1ccc(-c2ccc([N+](=O)[O-])cc2)o1)c1ccc(-n2ccnc2)cc1. The van der Waals surface area contributed by atoms with Gasteiger partial charge in [-0.25, -0.2) is 4.98 Å². The number of non-ortho nitro benzene ring substituents is 1. The largest absolute Gasteiger partial charge is 0.451 e. The molecule has 1 amide bonds. The molecule has 0 aliphatic carbocycles. The Morgan fingerprint density at radius 3 is 2.47 bits per heavy atom. The van der Waals surface area contributed by atoms with Crippen LogP contribution in [-0.4, -0.2) is 20.4 Å². The second kappa shape index (κ2) is 8.04. The van der Waals surface area contributed by atoms with Crippen molar-refractivity contribution in [1.82, 2.24) is 14.9 Å². The van der Waals surface area contributed by atoms with E-state index in [1.807, 2.05) is 42.0 Å². The number of nitro benzene ring substituents is 1. The first kappa shape index (κ1) is 19.1. The maximum absolute atomic E-state index is 12.6. The third-order valence-corrected chi connectivity index (χ3v) is 4.74. The van der Waals surface area contributed by atoms with Crippen LogP contribution < -0.4 is 5.32 Å². The predicted octanol–water partition coefficient (Wildman–Crippen LogP) is 4.53. The van der Waals surface area contributed by atoms with Crippen LogP contribution in [0.5, 0.6) is 0 Å². The van der Waals surface area contributed by atoms with Crippen molar-refractivity contribution in [3.05, 3.63) is 101 Å². The number of nitrogens with one attached hydrogen (secondary N) is 1. The van der Waals surface area contributed by atoms with Crippen molar-refractivity contribution in [2.24, 2.45) is 0 Å². The van der Waals surface area contributed by atoms with Crippen LogP contribution in [0.15, 0.2) is 83.8 Å². The summed E-state index contributed by atoms with van der Waals surface area (Å²) in [6, 6.07) is 16.8. The average molecular weight is 402 g/mol. The molecule has 2 aromatic carbocycles. The minimum Gasteiger partial charge on any atom is -0.451 e. The molecule has 2 aromatic heterocycles. The van der Waals surface area contributed by atoms with Crippen LogP contribution in [0.3, 0.4) is 0 Å². The summed E-state index contributed by atoms with van der Waals surface area (Å²) < 4.78 is 7.54. The molecule has 0 bridgehead atoms. The van der Waals surface area contributed by atoms with E-state index in [0.29, 0.717) is 11.3 Å². The summed E-state index contributed by atoms with van der Waals surface area (Å²) in [6.45, 7) is 1.89. The zero-order chi connectivity index (χ0) is 21.1. The first-order valence-corrected chi connectivity index (χ1v) is 9.25. The molecule has 0 fully saturated rings. The van der Waals surface area contributed by atoms with E-state index in [9.17, 15) is 14.9 Å². The minimum absolute atomic E-state index is 0.00356. The number of benzene rings is 2. The summed E-state index contributed by atoms with van der Waals surface area (Å²) in [7, 11) is 0. The van der Waals surface area contributed by atoms with Gasteiger partial charge in [0.2, 0.25) is 0 Å². The van der Waals surface area contributed by atoms with Gasteiger partial charge in [-0.15, -0.1) is 0 Å². The highest BCUT2D eigenvalue weighted by atomic mass is 16.6. The molecule has 0 spiro atoms. The summed E-state index contributed by atoms with van der Waals surface area (Å²) in [5.41, 5.74) is 2.59. The maximum atomic E-state index is 12.6. The monoisotopic (exact) mass is 402 g/mol. The van der Waals surface area contributed by atoms with Gasteiger partial charge >= 0.3 is 0 Å². The minimum atomic E-state index is -0.464. The first-order chi connectivity index (χ1) is 14.5. The predicted molar refractivity (Wildman–Crippen MR) is 110 cm³/mol. The van der Waals surface area contributed by atoms with E-state index < -0.39 is 4.92 Å². The molecule has 150 valence electrons. The smallest absolute Gasteiger partial charge is 0.287 e. The van der Waals surface area contributed by atoms with Crippen molar-refractivity contribution < 1.29 is 14.1 Å². The van der Waals surface area contributed by atoms with E-state index in [4.69, 9.17) is 4.42 Å². The number of carbonyl (C=O) groups excluding carboxylic acids is 1. The molecule has 0 saturated heterocycles. The molecule has 0 radical (unpaired) electrons. The van der Waals surface area contributed by atoms with E-state index in [0.717, 1.165) is 11.3 Å². The second-order valence-corrected chi connectivity index (χ2v) is 6.72. The molecular weight excluding hydrogens is 384 g/mol. The third kappa shape index (κ3) is 3.97. The second-order valence-electron chi connectivity index (χ2n) is 6.72. The number of aromatic nitrogens is 2. The molecule has 4 rings (SSSR count). The van der Waals surface area contributed by atoms with Gasteiger partial charge in [0.05, 0.1) is 17.3 Å². The van der Waals surface area contributed by atoms with Crippen molar-refractivity contribution in [2.45, 2.75) is 13.0 Å². The van der Waals surface area contributed by atoms with Gasteiger partial charge in [-0.2, -0.15) is 0 Å². The Hall–Kier alpha value is -4.20. The summed E-state index contributed by atoms with van der Waals surface area (Å²) in [5.74, 6) is 0.298. The molecule has 1 atom stereocenters. The first-order valence-electron chi connectivity index (χ1n) is 9.25. The Morgan fingerprint density at radius 1 is 1.10 bits per heavy atom. The van der Waals surface area contributed by atoms with Crippen LogP contribution in [0, 0.1) is 10.1 Å². The molecule has 4 aromatic rings. The highest BCUT2D eigenvalue weighted by Crippen LogP contribution is 2.25. The molecule has 0 saturated carbocycles. The summed E-state index contributed by atoms with van der Waals surface area (Å²) in [4.78, 5) is 26.9. The highest BCUT2D eigenvalue weighted by molar-refractivity contribution is 5.92. The van der Waals surface area contributed by atoms with Crippen LogP contribution in [0.1, 0.15) is 29.1 Å². The van der Waals surface area contributed by atoms with E-state index >= 15 is 0 Å². The lowest BCUT2D eigenvalue weighted by Gasteiger charge is -2.14. The van der Waals surface area contributed by atoms with Gasteiger partial charge in [0.15, 0.2) is 5.76 Å². The Labute approximate surface area is 171 Å². The maximum Gasteiger partial charge on any atom is 0.287 e. The fourth-order valence-electron chi connectivity index (χ4n) is 3.06. The van der Waals surface area contributed by atoms with Gasteiger partial charge in [0, 0.05) is 35.8 Å². The lowest BCUT2D eigenvalue weighted by atomic mass is 10.1. The Kier molecular flexibility index (Phi) is 5.13. The van der Waals surface area contributed by atoms with Crippen molar-refractivity contribution in [3.8, 4) is 17.0 Å². The van der Waals surface area contributed by atoms with Crippen LogP contribution in [0.25, 0.3) is 17.0 Å². The number of imidazole rings is 1. The summed E-state index contributed by atoms with van der Waals surface area (Å²) in [6.07, 6.45) is 5.30. The normalized spacial score (nSPS) is 11.8. The molecule has 2 heterocycles. The molecule has 1 unspecified atom stereocenters. The molecule has 30 heavy (non-hydrogen) atoms. The van der Waals surface area contributed by atoms with Crippen LogP contribution in [-0.2, 0) is 0 Å². The third-order valence-electron chi connectivity index (χ3n) is 4.74. The molecule has 0 aliphatic heterocycles. The van der Waals surface area contributed by atoms with Gasteiger partial charge < -0.3 is 14.3 Å². The van der Waals surface area contributed by atoms with Gasteiger partial charge in [-0.05, 0) is 48.9 Å². The molecule has 1 N–H and O–H groups in total. The fraction of sp³-hybridized carbons (Fsp3) is 0.0909. The van der Waals surface area contributed by atoms with Crippen LogP contribution >= 0.6 is 0 Å². The number of amides is 1. The average Bonchev–Trinajstić information content (AvgIpc) is 3.46. The van der Waals surface area contributed by atoms with Gasteiger partial charge in [-0.3, -0.25) is 14.9 Å². The number of nitrogens with zero attached hydrogens (tertiary/aromatic N) is 3. The van der Waals surface area contributed by atoms with Gasteiger partial charge in [0.1, 0.15) is 5.76 Å². The molecule has 8 nitrogen and oxygen atoms in total. The van der Waals surface area contributed by atoms with Gasteiger partial charge in [-0.1, -0.05) is 12.1 Å². The molecule has 0 aliphatic rings. The number of carbonyl (C=O) groups is 1. The van der Waals surface area contributed by atoms with Crippen molar-refractivity contribution in [2.75, 3.05) is 0 Å². The van der Waals surface area contributed by atoms with E-state index in [1.165, 1.54) is 12.1 Å². The Balaban J connectivity index is 1.43. The highest BCUT2D eigenvalue weighted by Gasteiger charge is 2.16. The standard InChI is InChI=1S/C22H18N4O4/c1-15(16-2-6-18(7-3-16)25-13-12-23-14-25)24-22(27)21-11-10-20(30-21)17-4-8-19(9-5-17)26(28)29/h2-15H,1H3,(H,24,27). The van der Waals surface area contributed by atoms with Crippen molar-refractivity contribution >= 4 is 11.6 Å². The zero-order valence-electron chi connectivity index (χ0n) is 16.1.